The van der Waals surface area contributed by atoms with E-state index in [1.807, 2.05) is 11.0 Å². The number of piperazine rings is 1. The number of halogens is 1. The molecule has 9 heteroatoms. The molecule has 33 heavy (non-hydrogen) atoms. The molecular weight excluding hydrogens is 423 g/mol. The maximum Gasteiger partial charge on any atom is 0.230 e. The highest BCUT2D eigenvalue weighted by Gasteiger charge is 2.33. The molecule has 1 unspecified atom stereocenters. The predicted octanol–water partition coefficient (Wildman–Crippen LogP) is 2.73. The van der Waals surface area contributed by atoms with Crippen molar-refractivity contribution in [3.63, 3.8) is 0 Å². The molecule has 0 aromatic carbocycles. The average molecular weight is 451 g/mol. The van der Waals surface area contributed by atoms with E-state index in [-0.39, 0.29) is 24.1 Å². The standard InChI is InChI=1S/C24H27FN6O2/c1-17(32)30-9-11-31(12-10-30)20-3-4-22(27-16-20)29-23(33)14-18-13-21(25)24(2,28-15-18)19-5-7-26-8-6-19/h3-8,13,15-16,28H,9-12,14H2,1-2H3,(H,27,29,33). The van der Waals surface area contributed by atoms with Crippen molar-refractivity contribution in [3.8, 4) is 0 Å². The Morgan fingerprint density at radius 1 is 1.15 bits per heavy atom. The van der Waals surface area contributed by atoms with Crippen molar-refractivity contribution in [1.29, 1.82) is 0 Å². The molecule has 2 aliphatic heterocycles. The Morgan fingerprint density at radius 3 is 2.48 bits per heavy atom. The van der Waals surface area contributed by atoms with E-state index in [0.717, 1.165) is 24.3 Å². The Bertz CT molecular complexity index is 1080. The third-order valence-corrected chi connectivity index (χ3v) is 6.06. The second kappa shape index (κ2) is 9.40. The molecule has 2 aliphatic rings. The molecule has 2 N–H and O–H groups in total. The quantitative estimate of drug-likeness (QED) is 0.728. The number of nitrogens with one attached hydrogen (secondary N) is 2. The van der Waals surface area contributed by atoms with Crippen molar-refractivity contribution < 1.29 is 14.0 Å². The summed E-state index contributed by atoms with van der Waals surface area (Å²) < 4.78 is 14.9. The van der Waals surface area contributed by atoms with Gasteiger partial charge in [-0.25, -0.2) is 9.37 Å². The SMILES string of the molecule is CC(=O)N1CCN(c2ccc(NC(=O)CC3=CNC(C)(c4ccncc4)C(F)=C3)nc2)CC1. The van der Waals surface area contributed by atoms with Gasteiger partial charge < -0.3 is 20.4 Å². The van der Waals surface area contributed by atoms with Gasteiger partial charge in [-0.05, 0) is 48.4 Å². The fourth-order valence-electron chi connectivity index (χ4n) is 3.96. The number of nitrogens with zero attached hydrogens (tertiary/aromatic N) is 4. The number of dihydropyridines is 1. The molecule has 4 rings (SSSR count). The predicted molar refractivity (Wildman–Crippen MR) is 124 cm³/mol. The molecule has 0 bridgehead atoms. The van der Waals surface area contributed by atoms with Crippen LogP contribution in [0.3, 0.4) is 0 Å². The van der Waals surface area contributed by atoms with Gasteiger partial charge in [0.2, 0.25) is 11.8 Å². The van der Waals surface area contributed by atoms with Crippen molar-refractivity contribution in [2.24, 2.45) is 0 Å². The molecule has 8 nitrogen and oxygen atoms in total. The minimum Gasteiger partial charge on any atom is -0.376 e. The highest BCUT2D eigenvalue weighted by Crippen LogP contribution is 2.34. The molecule has 2 aromatic rings. The van der Waals surface area contributed by atoms with Crippen LogP contribution in [0.25, 0.3) is 0 Å². The molecule has 4 heterocycles. The summed E-state index contributed by atoms with van der Waals surface area (Å²) in [7, 11) is 0. The summed E-state index contributed by atoms with van der Waals surface area (Å²) in [6.07, 6.45) is 8.02. The number of allylic oxidation sites excluding steroid dienone is 1. The van der Waals surface area contributed by atoms with Gasteiger partial charge in [0, 0.05) is 51.7 Å². The monoisotopic (exact) mass is 450 g/mol. The molecule has 0 aliphatic carbocycles. The summed E-state index contributed by atoms with van der Waals surface area (Å²) in [5, 5.41) is 5.83. The van der Waals surface area contributed by atoms with Crippen LogP contribution in [0.15, 0.2) is 66.5 Å². The van der Waals surface area contributed by atoms with Gasteiger partial charge in [-0.2, -0.15) is 0 Å². The minimum absolute atomic E-state index is 0.0171. The summed E-state index contributed by atoms with van der Waals surface area (Å²) in [6.45, 7) is 6.17. The van der Waals surface area contributed by atoms with Gasteiger partial charge >= 0.3 is 0 Å². The summed E-state index contributed by atoms with van der Waals surface area (Å²) in [5.74, 6) is -0.131. The molecule has 1 fully saturated rings. The fraction of sp³-hybridized carbons (Fsp3) is 0.333. The van der Waals surface area contributed by atoms with Crippen LogP contribution in [0.5, 0.6) is 0 Å². The van der Waals surface area contributed by atoms with Gasteiger partial charge in [-0.3, -0.25) is 14.6 Å². The number of amides is 2. The Balaban J connectivity index is 1.32. The lowest BCUT2D eigenvalue weighted by Gasteiger charge is -2.35. The van der Waals surface area contributed by atoms with Crippen molar-refractivity contribution in [2.45, 2.75) is 25.8 Å². The lowest BCUT2D eigenvalue weighted by atomic mass is 9.88. The second-order valence-electron chi connectivity index (χ2n) is 8.34. The highest BCUT2D eigenvalue weighted by molar-refractivity contribution is 5.92. The summed E-state index contributed by atoms with van der Waals surface area (Å²) in [6, 6.07) is 7.15. The van der Waals surface area contributed by atoms with Gasteiger partial charge in [-0.1, -0.05) is 0 Å². The topological polar surface area (TPSA) is 90.5 Å². The molecule has 0 saturated carbocycles. The van der Waals surface area contributed by atoms with Gasteiger partial charge in [-0.15, -0.1) is 0 Å². The van der Waals surface area contributed by atoms with Crippen LogP contribution in [-0.4, -0.2) is 52.9 Å². The van der Waals surface area contributed by atoms with Crippen LogP contribution in [-0.2, 0) is 15.1 Å². The van der Waals surface area contributed by atoms with Gasteiger partial charge in [0.15, 0.2) is 0 Å². The average Bonchev–Trinajstić information content (AvgIpc) is 2.82. The third-order valence-electron chi connectivity index (χ3n) is 6.06. The Labute approximate surface area is 192 Å². The maximum absolute atomic E-state index is 14.9. The lowest BCUT2D eigenvalue weighted by molar-refractivity contribution is -0.129. The van der Waals surface area contributed by atoms with E-state index in [2.05, 4.69) is 25.5 Å². The summed E-state index contributed by atoms with van der Waals surface area (Å²) >= 11 is 0. The molecular formula is C24H27FN6O2. The molecule has 172 valence electrons. The number of carbonyl (C=O) groups excluding carboxylic acids is 2. The van der Waals surface area contributed by atoms with E-state index in [1.165, 1.54) is 6.08 Å². The van der Waals surface area contributed by atoms with Crippen LogP contribution in [0, 0.1) is 0 Å². The van der Waals surface area contributed by atoms with E-state index < -0.39 is 5.54 Å². The number of aromatic nitrogens is 2. The molecule has 0 spiro atoms. The number of anilines is 2. The van der Waals surface area contributed by atoms with Gasteiger partial charge in [0.05, 0.1) is 18.3 Å². The van der Waals surface area contributed by atoms with E-state index >= 15 is 0 Å². The molecule has 1 saturated heterocycles. The third kappa shape index (κ3) is 5.02. The zero-order chi connectivity index (χ0) is 23.4. The smallest absolute Gasteiger partial charge is 0.230 e. The summed E-state index contributed by atoms with van der Waals surface area (Å²) in [4.78, 5) is 36.2. The summed E-state index contributed by atoms with van der Waals surface area (Å²) in [5.41, 5.74) is 1.24. The normalized spacial score (nSPS) is 20.5. The van der Waals surface area contributed by atoms with Crippen LogP contribution in [0.4, 0.5) is 15.9 Å². The molecule has 1 atom stereocenters. The van der Waals surface area contributed by atoms with Crippen LogP contribution in [0.1, 0.15) is 25.8 Å². The fourth-order valence-corrected chi connectivity index (χ4v) is 3.96. The van der Waals surface area contributed by atoms with Gasteiger partial charge in [0.25, 0.3) is 0 Å². The largest absolute Gasteiger partial charge is 0.376 e. The van der Waals surface area contributed by atoms with Crippen molar-refractivity contribution in [3.05, 3.63) is 72.1 Å². The van der Waals surface area contributed by atoms with E-state index in [4.69, 9.17) is 0 Å². The first kappa shape index (κ1) is 22.4. The van der Waals surface area contributed by atoms with Gasteiger partial charge in [0.1, 0.15) is 17.2 Å². The molecule has 0 radical (unpaired) electrons. The van der Waals surface area contributed by atoms with Crippen molar-refractivity contribution >= 4 is 23.3 Å². The molecule has 2 aromatic heterocycles. The van der Waals surface area contributed by atoms with Crippen LogP contribution in [0.2, 0.25) is 0 Å². The number of hydrogen-bond acceptors (Lipinski definition) is 6. The zero-order valence-electron chi connectivity index (χ0n) is 18.7. The van der Waals surface area contributed by atoms with E-state index in [0.29, 0.717) is 24.5 Å². The number of pyridine rings is 2. The lowest BCUT2D eigenvalue weighted by Crippen LogP contribution is -2.48. The first-order chi connectivity index (χ1) is 15.8. The first-order valence-electron chi connectivity index (χ1n) is 10.9. The number of hydrogen-bond donors (Lipinski definition) is 2. The van der Waals surface area contributed by atoms with Crippen LogP contribution >= 0.6 is 0 Å². The Hall–Kier alpha value is -3.75. The Morgan fingerprint density at radius 2 is 1.88 bits per heavy atom. The molecule has 2 amide bonds. The van der Waals surface area contributed by atoms with E-state index in [9.17, 15) is 14.0 Å². The first-order valence-corrected chi connectivity index (χ1v) is 10.9. The van der Waals surface area contributed by atoms with Crippen molar-refractivity contribution in [1.82, 2.24) is 20.2 Å². The van der Waals surface area contributed by atoms with E-state index in [1.54, 1.807) is 56.8 Å². The maximum atomic E-state index is 14.9. The van der Waals surface area contributed by atoms with Crippen LogP contribution < -0.4 is 15.5 Å². The minimum atomic E-state index is -0.990. The zero-order valence-corrected chi connectivity index (χ0v) is 18.7. The number of rotatable bonds is 5. The number of carbonyl (C=O) groups is 2. The van der Waals surface area contributed by atoms with Crippen molar-refractivity contribution in [2.75, 3.05) is 36.4 Å². The Kier molecular flexibility index (Phi) is 6.39. The highest BCUT2D eigenvalue weighted by atomic mass is 19.1. The second-order valence-corrected chi connectivity index (χ2v) is 8.34.